The largest absolute Gasteiger partial charge is 0.463 e. The van der Waals surface area contributed by atoms with Crippen molar-refractivity contribution < 1.29 is 41.6 Å². The van der Waals surface area contributed by atoms with Gasteiger partial charge >= 0.3 is 5.97 Å². The van der Waals surface area contributed by atoms with Crippen LogP contribution in [0.3, 0.4) is 0 Å². The predicted molar refractivity (Wildman–Crippen MR) is 85.6 cm³/mol. The van der Waals surface area contributed by atoms with E-state index in [4.69, 9.17) is 9.26 Å². The number of esters is 1. The third kappa shape index (κ3) is 6.00. The van der Waals surface area contributed by atoms with Gasteiger partial charge in [-0.15, -0.1) is 0 Å². The Balaban J connectivity index is 1.68. The third-order valence-corrected chi connectivity index (χ3v) is 3.06. The Bertz CT molecular complexity index is 887. The molecule has 0 saturated carbocycles. The van der Waals surface area contributed by atoms with Crippen molar-refractivity contribution in [2.24, 2.45) is 0 Å². The molecule has 1 aromatic carbocycles. The molecule has 9 nitrogen and oxygen atoms in total. The number of ether oxygens (including phenoxy) is 2. The number of anilines is 1. The zero-order valence-corrected chi connectivity index (χ0v) is 14.4. The predicted octanol–water partition coefficient (Wildman–Crippen LogP) is 1.08. The second kappa shape index (κ2) is 9.39. The molecule has 0 bridgehead atoms. The minimum absolute atomic E-state index is 0.0695. The lowest BCUT2D eigenvalue weighted by atomic mass is 10.2. The maximum absolute atomic E-state index is 13.4. The first-order valence-corrected chi connectivity index (χ1v) is 7.68. The molecular formula is C16H14F3N3O6. The van der Waals surface area contributed by atoms with Crippen LogP contribution in [0.1, 0.15) is 5.76 Å². The summed E-state index contributed by atoms with van der Waals surface area (Å²) < 4.78 is 53.6. The quantitative estimate of drug-likeness (QED) is 0.502. The van der Waals surface area contributed by atoms with Crippen LogP contribution in [0.25, 0.3) is 0 Å². The van der Waals surface area contributed by atoms with E-state index >= 15 is 0 Å². The van der Waals surface area contributed by atoms with Crippen LogP contribution in [0.4, 0.5) is 18.9 Å². The molecular weight excluding hydrogens is 387 g/mol. The van der Waals surface area contributed by atoms with Crippen molar-refractivity contribution in [3.8, 4) is 5.88 Å². The van der Waals surface area contributed by atoms with E-state index in [1.165, 1.54) is 6.07 Å². The van der Waals surface area contributed by atoms with Gasteiger partial charge in [0.25, 0.3) is 11.8 Å². The lowest BCUT2D eigenvalue weighted by molar-refractivity contribution is -0.150. The SMILES string of the molecule is Cc1cc(OCC(=O)OCC(=O)NCC(=O)Nc2ccc(F)c(F)c2F)no1. The van der Waals surface area contributed by atoms with Gasteiger partial charge in [-0.25, -0.2) is 18.0 Å². The summed E-state index contributed by atoms with van der Waals surface area (Å²) in [6.45, 7) is -0.217. The highest BCUT2D eigenvalue weighted by molar-refractivity contribution is 5.94. The number of hydrogen-bond donors (Lipinski definition) is 2. The summed E-state index contributed by atoms with van der Waals surface area (Å²) in [6, 6.07) is 2.90. The summed E-state index contributed by atoms with van der Waals surface area (Å²) in [4.78, 5) is 34.6. The second-order valence-electron chi connectivity index (χ2n) is 5.27. The molecule has 2 N–H and O–H groups in total. The molecule has 0 aliphatic heterocycles. The number of aryl methyl sites for hydroxylation is 1. The van der Waals surface area contributed by atoms with Crippen LogP contribution in [0.2, 0.25) is 0 Å². The Morgan fingerprint density at radius 2 is 1.86 bits per heavy atom. The molecule has 1 aromatic heterocycles. The molecule has 28 heavy (non-hydrogen) atoms. The number of hydrogen-bond acceptors (Lipinski definition) is 7. The van der Waals surface area contributed by atoms with Crippen molar-refractivity contribution in [3.05, 3.63) is 41.4 Å². The molecule has 12 heteroatoms. The highest BCUT2D eigenvalue weighted by Gasteiger charge is 2.16. The molecule has 0 aliphatic carbocycles. The number of carbonyl (C=O) groups excluding carboxylic acids is 3. The van der Waals surface area contributed by atoms with Crippen molar-refractivity contribution in [2.45, 2.75) is 6.92 Å². The number of amides is 2. The van der Waals surface area contributed by atoms with Crippen molar-refractivity contribution >= 4 is 23.5 Å². The Hall–Kier alpha value is -3.57. The summed E-state index contributed by atoms with van der Waals surface area (Å²) in [7, 11) is 0. The van der Waals surface area contributed by atoms with E-state index in [-0.39, 0.29) is 5.88 Å². The van der Waals surface area contributed by atoms with E-state index in [0.29, 0.717) is 11.8 Å². The number of benzene rings is 1. The first-order chi connectivity index (χ1) is 13.3. The lowest BCUT2D eigenvalue weighted by Gasteiger charge is -2.09. The molecule has 2 rings (SSSR count). The van der Waals surface area contributed by atoms with Gasteiger partial charge in [-0.1, -0.05) is 0 Å². The van der Waals surface area contributed by atoms with Gasteiger partial charge in [-0.05, 0) is 24.2 Å². The fraction of sp³-hybridized carbons (Fsp3) is 0.250. The smallest absolute Gasteiger partial charge is 0.344 e. The zero-order chi connectivity index (χ0) is 20.7. The Morgan fingerprint density at radius 1 is 1.11 bits per heavy atom. The molecule has 0 saturated heterocycles. The molecule has 0 atom stereocenters. The zero-order valence-electron chi connectivity index (χ0n) is 14.4. The highest BCUT2D eigenvalue weighted by atomic mass is 19.2. The van der Waals surface area contributed by atoms with Gasteiger partial charge < -0.3 is 24.6 Å². The number of halogens is 3. The van der Waals surface area contributed by atoms with E-state index in [1.807, 2.05) is 5.32 Å². The van der Waals surface area contributed by atoms with Gasteiger partial charge in [0.05, 0.1) is 12.2 Å². The topological polar surface area (TPSA) is 120 Å². The van der Waals surface area contributed by atoms with E-state index in [9.17, 15) is 27.6 Å². The summed E-state index contributed by atoms with van der Waals surface area (Å²) in [5.74, 6) is -6.78. The fourth-order valence-electron chi connectivity index (χ4n) is 1.78. The van der Waals surface area contributed by atoms with E-state index in [0.717, 1.165) is 6.07 Å². The molecule has 2 amide bonds. The minimum Gasteiger partial charge on any atom is -0.463 e. The van der Waals surface area contributed by atoms with Gasteiger partial charge in [-0.3, -0.25) is 9.59 Å². The number of aromatic nitrogens is 1. The lowest BCUT2D eigenvalue weighted by Crippen LogP contribution is -2.36. The molecule has 0 aliphatic rings. The number of nitrogens with zero attached hydrogens (tertiary/aromatic N) is 1. The van der Waals surface area contributed by atoms with Gasteiger partial charge in [0.1, 0.15) is 5.76 Å². The standard InChI is InChI=1S/C16H14F3N3O6/c1-8-4-13(22-28-8)26-7-14(25)27-6-12(24)20-5-11(23)21-10-3-2-9(17)15(18)16(10)19/h2-4H,5-7H2,1H3,(H,20,24)(H,21,23). The average molecular weight is 401 g/mol. The van der Waals surface area contributed by atoms with Gasteiger partial charge in [0.2, 0.25) is 5.91 Å². The van der Waals surface area contributed by atoms with Crippen LogP contribution in [0.5, 0.6) is 5.88 Å². The normalized spacial score (nSPS) is 10.3. The second-order valence-corrected chi connectivity index (χ2v) is 5.27. The number of nitrogens with one attached hydrogen (secondary N) is 2. The summed E-state index contributed by atoms with van der Waals surface area (Å²) in [5.41, 5.74) is -0.593. The van der Waals surface area contributed by atoms with Crippen LogP contribution in [-0.4, -0.2) is 42.7 Å². The third-order valence-electron chi connectivity index (χ3n) is 3.06. The van der Waals surface area contributed by atoms with Crippen LogP contribution in [0, 0.1) is 24.4 Å². The monoisotopic (exact) mass is 401 g/mol. The summed E-state index contributed by atoms with van der Waals surface area (Å²) >= 11 is 0. The maximum atomic E-state index is 13.4. The van der Waals surface area contributed by atoms with E-state index < -0.39 is 60.7 Å². The Kier molecular flexibility index (Phi) is 6.96. The molecule has 0 unspecified atom stereocenters. The Labute approximate surface area is 155 Å². The summed E-state index contributed by atoms with van der Waals surface area (Å²) in [5, 5.41) is 7.54. The molecule has 2 aromatic rings. The minimum atomic E-state index is -1.74. The molecule has 0 fully saturated rings. The maximum Gasteiger partial charge on any atom is 0.344 e. The van der Waals surface area contributed by atoms with Crippen molar-refractivity contribution in [1.29, 1.82) is 0 Å². The van der Waals surface area contributed by atoms with Crippen LogP contribution >= 0.6 is 0 Å². The van der Waals surface area contributed by atoms with Crippen LogP contribution < -0.4 is 15.4 Å². The van der Waals surface area contributed by atoms with Gasteiger partial charge in [0, 0.05) is 6.07 Å². The number of rotatable bonds is 8. The molecule has 0 radical (unpaired) electrons. The Morgan fingerprint density at radius 3 is 2.54 bits per heavy atom. The van der Waals surface area contributed by atoms with Crippen LogP contribution in [-0.2, 0) is 19.1 Å². The van der Waals surface area contributed by atoms with Crippen molar-refractivity contribution in [2.75, 3.05) is 25.1 Å². The highest BCUT2D eigenvalue weighted by Crippen LogP contribution is 2.19. The van der Waals surface area contributed by atoms with E-state index in [1.54, 1.807) is 6.92 Å². The van der Waals surface area contributed by atoms with Gasteiger partial charge in [-0.2, -0.15) is 0 Å². The van der Waals surface area contributed by atoms with Crippen molar-refractivity contribution in [3.63, 3.8) is 0 Å². The van der Waals surface area contributed by atoms with Gasteiger partial charge in [0.15, 0.2) is 30.7 Å². The molecule has 1 heterocycles. The van der Waals surface area contributed by atoms with Crippen LogP contribution in [0.15, 0.2) is 22.7 Å². The first-order valence-electron chi connectivity index (χ1n) is 7.68. The fourth-order valence-corrected chi connectivity index (χ4v) is 1.78. The summed E-state index contributed by atoms with van der Waals surface area (Å²) in [6.07, 6.45) is 0. The first kappa shape index (κ1) is 20.7. The number of carbonyl (C=O) groups is 3. The van der Waals surface area contributed by atoms with Crippen molar-refractivity contribution in [1.82, 2.24) is 10.5 Å². The average Bonchev–Trinajstić information content (AvgIpc) is 3.08. The molecule has 0 spiro atoms. The van der Waals surface area contributed by atoms with E-state index in [2.05, 4.69) is 15.2 Å². The molecule has 150 valence electrons.